The second kappa shape index (κ2) is 10.9. The Morgan fingerprint density at radius 3 is 2.74 bits per heavy atom. The Morgan fingerprint density at radius 1 is 1.07 bits per heavy atom. The van der Waals surface area contributed by atoms with Crippen LogP contribution in [-0.2, 0) is 4.79 Å². The fourth-order valence-corrected chi connectivity index (χ4v) is 5.58. The molecular formula is C30H30FN9O2. The molecule has 2 aliphatic heterocycles. The van der Waals surface area contributed by atoms with E-state index in [4.69, 9.17) is 4.74 Å². The molecule has 7 rings (SSSR count). The quantitative estimate of drug-likeness (QED) is 0.279. The molecule has 0 unspecified atom stereocenters. The lowest BCUT2D eigenvalue weighted by atomic mass is 9.92. The van der Waals surface area contributed by atoms with E-state index in [9.17, 15) is 9.18 Å². The van der Waals surface area contributed by atoms with E-state index >= 15 is 0 Å². The predicted octanol–water partition coefficient (Wildman–Crippen LogP) is 4.14. The Balaban J connectivity index is 1.02. The number of ether oxygens (including phenoxy) is 1. The summed E-state index contributed by atoms with van der Waals surface area (Å²) in [6.45, 7) is 5.03. The number of benzene rings is 1. The zero-order chi connectivity index (χ0) is 28.6. The lowest BCUT2D eigenvalue weighted by molar-refractivity contribution is -0.130. The molecule has 0 spiro atoms. The highest BCUT2D eigenvalue weighted by Crippen LogP contribution is 2.35. The number of halogens is 1. The number of likely N-dealkylation sites (tertiary alicyclic amines) is 2. The first-order valence-corrected chi connectivity index (χ1v) is 14.0. The number of fused-ring (bicyclic) bond motifs is 2. The van der Waals surface area contributed by atoms with Gasteiger partial charge in [-0.1, -0.05) is 6.08 Å². The maximum atomic E-state index is 13.4. The van der Waals surface area contributed by atoms with Crippen LogP contribution in [0.4, 0.5) is 15.9 Å². The molecule has 1 amide bonds. The van der Waals surface area contributed by atoms with Crippen LogP contribution in [0.15, 0.2) is 73.6 Å². The number of nitrogens with one attached hydrogen (secondary N) is 1. The molecule has 1 N–H and O–H groups in total. The Kier molecular flexibility index (Phi) is 6.74. The molecule has 42 heavy (non-hydrogen) atoms. The molecule has 1 aromatic carbocycles. The number of rotatable bonds is 8. The van der Waals surface area contributed by atoms with Crippen molar-refractivity contribution in [2.75, 3.05) is 38.0 Å². The van der Waals surface area contributed by atoms with E-state index in [0.29, 0.717) is 49.8 Å². The average molecular weight is 568 g/mol. The van der Waals surface area contributed by atoms with E-state index in [1.807, 2.05) is 76.1 Å². The number of hydrogen-bond acceptors (Lipinski definition) is 8. The van der Waals surface area contributed by atoms with E-state index in [-0.39, 0.29) is 11.8 Å². The number of anilines is 2. The number of alkyl halides is 1. The highest BCUT2D eigenvalue weighted by atomic mass is 19.1. The van der Waals surface area contributed by atoms with Crippen LogP contribution in [-0.4, -0.2) is 83.8 Å². The highest BCUT2D eigenvalue weighted by Gasteiger charge is 2.33. The van der Waals surface area contributed by atoms with Gasteiger partial charge in [-0.05, 0) is 54.8 Å². The van der Waals surface area contributed by atoms with Crippen molar-refractivity contribution in [3.63, 3.8) is 0 Å². The van der Waals surface area contributed by atoms with Crippen LogP contribution >= 0.6 is 0 Å². The molecule has 2 saturated heterocycles. The van der Waals surface area contributed by atoms with Crippen molar-refractivity contribution in [1.82, 2.24) is 39.0 Å². The number of amides is 1. The molecule has 11 nitrogen and oxygen atoms in total. The van der Waals surface area contributed by atoms with E-state index in [1.54, 1.807) is 10.6 Å². The first kappa shape index (κ1) is 26.1. The van der Waals surface area contributed by atoms with Crippen LogP contribution in [0, 0.1) is 6.92 Å². The van der Waals surface area contributed by atoms with Gasteiger partial charge in [0.15, 0.2) is 11.5 Å². The summed E-state index contributed by atoms with van der Waals surface area (Å²) in [5.74, 6) is 2.28. The standard InChI is InChI=1S/C30H30FN9O2/c1-20-13-23(4-5-26(20)42-24-7-11-39-27(14-24)32-18-34-39)36-30-29-25(8-12-40(29)35-19-33-30)21-15-38(16-21)28(41)3-2-9-37-10-6-22(31)17-37/h2-5,7-8,11-14,18-19,21-22H,6,9-10,15-17H2,1H3,(H,33,35,36)/b3-2+/t22-/m1/s1. The lowest BCUT2D eigenvalue weighted by Gasteiger charge is -2.38. The van der Waals surface area contributed by atoms with Crippen molar-refractivity contribution in [2.24, 2.45) is 0 Å². The van der Waals surface area contributed by atoms with Crippen LogP contribution in [0.5, 0.6) is 11.5 Å². The summed E-state index contributed by atoms with van der Waals surface area (Å²) in [5, 5.41) is 12.0. The number of hydrogen-bond donors (Lipinski definition) is 1. The molecule has 2 aliphatic rings. The Bertz CT molecular complexity index is 1790. The third-order valence-corrected chi connectivity index (χ3v) is 7.87. The number of pyridine rings is 1. The minimum atomic E-state index is -0.754. The maximum Gasteiger partial charge on any atom is 0.246 e. The van der Waals surface area contributed by atoms with Crippen molar-refractivity contribution < 1.29 is 13.9 Å². The molecular weight excluding hydrogens is 537 g/mol. The van der Waals surface area contributed by atoms with E-state index < -0.39 is 6.17 Å². The molecule has 5 aromatic rings. The minimum Gasteiger partial charge on any atom is -0.457 e. The summed E-state index contributed by atoms with van der Waals surface area (Å²) in [4.78, 5) is 25.3. The summed E-state index contributed by atoms with van der Waals surface area (Å²) < 4.78 is 23.0. The molecule has 1 atom stereocenters. The second-order valence-electron chi connectivity index (χ2n) is 10.8. The molecule has 0 bridgehead atoms. The maximum absolute atomic E-state index is 13.4. The van der Waals surface area contributed by atoms with E-state index in [2.05, 4.69) is 25.5 Å². The zero-order valence-corrected chi connectivity index (χ0v) is 23.1. The van der Waals surface area contributed by atoms with Gasteiger partial charge in [0.1, 0.15) is 35.8 Å². The molecule has 0 radical (unpaired) electrons. The summed E-state index contributed by atoms with van der Waals surface area (Å²) in [5.41, 5.74) is 4.52. The zero-order valence-electron chi connectivity index (χ0n) is 23.1. The van der Waals surface area contributed by atoms with Crippen molar-refractivity contribution in [1.29, 1.82) is 0 Å². The summed E-state index contributed by atoms with van der Waals surface area (Å²) >= 11 is 0. The Hall–Kier alpha value is -4.84. The second-order valence-corrected chi connectivity index (χ2v) is 10.8. The van der Waals surface area contributed by atoms with Gasteiger partial charge in [0.05, 0.1) is 0 Å². The first-order chi connectivity index (χ1) is 20.5. The molecule has 2 fully saturated rings. The van der Waals surface area contributed by atoms with Gasteiger partial charge >= 0.3 is 0 Å². The van der Waals surface area contributed by atoms with Gasteiger partial charge in [0, 0.05) is 68.9 Å². The smallest absolute Gasteiger partial charge is 0.246 e. The predicted molar refractivity (Wildman–Crippen MR) is 155 cm³/mol. The SMILES string of the molecule is Cc1cc(Nc2ncnn3ccc(C4CN(C(=O)/C=C/CN5CC[C@@H](F)C5)C4)c23)ccc1Oc1ccn2ncnc2c1. The number of aromatic nitrogens is 6. The van der Waals surface area contributed by atoms with Crippen LogP contribution in [0.2, 0.25) is 0 Å². The van der Waals surface area contributed by atoms with Crippen LogP contribution < -0.4 is 10.1 Å². The fourth-order valence-electron chi connectivity index (χ4n) is 5.58. The highest BCUT2D eigenvalue weighted by molar-refractivity contribution is 5.88. The average Bonchev–Trinajstić information content (AvgIpc) is 3.70. The van der Waals surface area contributed by atoms with Gasteiger partial charge < -0.3 is 15.0 Å². The van der Waals surface area contributed by atoms with Gasteiger partial charge in [-0.3, -0.25) is 9.69 Å². The van der Waals surface area contributed by atoms with Gasteiger partial charge in [-0.2, -0.15) is 10.2 Å². The van der Waals surface area contributed by atoms with Gasteiger partial charge in [0.2, 0.25) is 5.91 Å². The number of carbonyl (C=O) groups is 1. The number of carbonyl (C=O) groups excluding carboxylic acids is 1. The van der Waals surface area contributed by atoms with E-state index in [0.717, 1.165) is 34.6 Å². The minimum absolute atomic E-state index is 0.0143. The third kappa shape index (κ3) is 5.16. The molecule has 0 saturated carbocycles. The van der Waals surface area contributed by atoms with Gasteiger partial charge in [-0.25, -0.2) is 23.4 Å². The Morgan fingerprint density at radius 2 is 1.90 bits per heavy atom. The topological polar surface area (TPSA) is 105 Å². The van der Waals surface area contributed by atoms with Crippen molar-refractivity contribution in [2.45, 2.75) is 25.4 Å². The fraction of sp³-hybridized carbons (Fsp3) is 0.300. The van der Waals surface area contributed by atoms with Crippen LogP contribution in [0.25, 0.3) is 11.2 Å². The molecule has 4 aromatic heterocycles. The Labute approximate surface area is 241 Å². The monoisotopic (exact) mass is 567 g/mol. The van der Waals surface area contributed by atoms with Crippen LogP contribution in [0.1, 0.15) is 23.5 Å². The van der Waals surface area contributed by atoms with Crippen molar-refractivity contribution in [3.05, 3.63) is 84.7 Å². The molecule has 0 aliphatic carbocycles. The summed E-state index contributed by atoms with van der Waals surface area (Å²) in [6, 6.07) is 11.6. The third-order valence-electron chi connectivity index (χ3n) is 7.87. The summed E-state index contributed by atoms with van der Waals surface area (Å²) in [7, 11) is 0. The molecule has 214 valence electrons. The first-order valence-electron chi connectivity index (χ1n) is 14.0. The molecule has 6 heterocycles. The van der Waals surface area contributed by atoms with Crippen molar-refractivity contribution >= 4 is 28.6 Å². The van der Waals surface area contributed by atoms with Gasteiger partial charge in [0.25, 0.3) is 0 Å². The normalized spacial score (nSPS) is 17.9. The van der Waals surface area contributed by atoms with Crippen LogP contribution in [0.3, 0.4) is 0 Å². The largest absolute Gasteiger partial charge is 0.457 e. The number of nitrogens with zero attached hydrogens (tertiary/aromatic N) is 8. The van der Waals surface area contributed by atoms with Gasteiger partial charge in [-0.15, -0.1) is 0 Å². The number of aryl methyl sites for hydroxylation is 1. The summed E-state index contributed by atoms with van der Waals surface area (Å²) in [6.07, 6.45) is 10.0. The molecule has 12 heteroatoms. The van der Waals surface area contributed by atoms with E-state index in [1.165, 1.54) is 12.7 Å². The van der Waals surface area contributed by atoms with Crippen molar-refractivity contribution in [3.8, 4) is 11.5 Å². The lowest BCUT2D eigenvalue weighted by Crippen LogP contribution is -2.47.